The van der Waals surface area contributed by atoms with E-state index >= 15 is 4.39 Å². The maximum absolute atomic E-state index is 16.3. The first-order chi connectivity index (χ1) is 21.2. The van der Waals surface area contributed by atoms with E-state index in [1.165, 1.54) is 25.0 Å². The molecule has 10 nitrogen and oxygen atoms in total. The first-order valence-corrected chi connectivity index (χ1v) is 16.0. The van der Waals surface area contributed by atoms with Crippen LogP contribution in [0.1, 0.15) is 24.0 Å². The number of H-pyrrole nitrogens is 2. The van der Waals surface area contributed by atoms with Gasteiger partial charge in [-0.25, -0.2) is 31.9 Å². The van der Waals surface area contributed by atoms with Crippen molar-refractivity contribution in [1.29, 1.82) is 0 Å². The summed E-state index contributed by atoms with van der Waals surface area (Å²) in [5.74, 6) is -0.684. The topological polar surface area (TPSA) is 133 Å². The molecule has 224 valence electrons. The number of aromatic amines is 2. The van der Waals surface area contributed by atoms with Gasteiger partial charge in [0.2, 0.25) is 10.0 Å². The van der Waals surface area contributed by atoms with E-state index in [2.05, 4.69) is 39.8 Å². The minimum atomic E-state index is -3.46. The number of benzene rings is 2. The average Bonchev–Trinajstić information content (AvgIpc) is 3.75. The van der Waals surface area contributed by atoms with Crippen molar-refractivity contribution in [2.45, 2.75) is 25.9 Å². The Kier molecular flexibility index (Phi) is 7.15. The summed E-state index contributed by atoms with van der Waals surface area (Å²) < 4.78 is 56.4. The number of sulfonamides is 1. The number of nitrogens with one attached hydrogen (secondary N) is 3. The normalized spacial score (nSPS) is 14.2. The van der Waals surface area contributed by atoms with Crippen LogP contribution in [0.15, 0.2) is 61.1 Å². The van der Waals surface area contributed by atoms with E-state index in [9.17, 15) is 12.8 Å². The number of nitrogens with zero attached hydrogens (tertiary/aromatic N) is 5. The first-order valence-electron chi connectivity index (χ1n) is 14.1. The van der Waals surface area contributed by atoms with Gasteiger partial charge >= 0.3 is 0 Å². The Balaban J connectivity index is 1.27. The molecule has 1 aliphatic rings. The van der Waals surface area contributed by atoms with Gasteiger partial charge in [0.15, 0.2) is 11.5 Å². The molecule has 13 heteroatoms. The second kappa shape index (κ2) is 11.2. The maximum Gasteiger partial charge on any atom is 0.209 e. The van der Waals surface area contributed by atoms with Gasteiger partial charge in [0.25, 0.3) is 0 Å². The molecule has 6 aromatic rings. The van der Waals surface area contributed by atoms with E-state index < -0.39 is 21.7 Å². The maximum atomic E-state index is 16.3. The second-order valence-electron chi connectivity index (χ2n) is 11.1. The largest absolute Gasteiger partial charge is 0.335 e. The van der Waals surface area contributed by atoms with Crippen molar-refractivity contribution in [2.24, 2.45) is 0 Å². The molecular weight excluding hydrogens is 586 g/mol. The molecule has 7 rings (SSSR count). The van der Waals surface area contributed by atoms with Gasteiger partial charge in [-0.3, -0.25) is 15.0 Å². The fraction of sp³-hybridized carbons (Fsp3) is 0.226. The lowest BCUT2D eigenvalue weighted by molar-refractivity contribution is 0.331. The summed E-state index contributed by atoms with van der Waals surface area (Å²) in [7, 11) is -3.46. The highest BCUT2D eigenvalue weighted by molar-refractivity contribution is 7.88. The van der Waals surface area contributed by atoms with E-state index in [-0.39, 0.29) is 17.6 Å². The van der Waals surface area contributed by atoms with Gasteiger partial charge in [0, 0.05) is 48.4 Å². The van der Waals surface area contributed by atoms with Crippen molar-refractivity contribution in [3.8, 4) is 33.8 Å². The number of halogens is 2. The minimum absolute atomic E-state index is 0.0659. The number of fused-ring (bicyclic) bond motifs is 2. The van der Waals surface area contributed by atoms with Crippen molar-refractivity contribution < 1.29 is 17.2 Å². The molecule has 1 fully saturated rings. The summed E-state index contributed by atoms with van der Waals surface area (Å²) in [4.78, 5) is 18.9. The molecule has 4 aromatic heterocycles. The molecule has 1 aliphatic heterocycles. The first kappa shape index (κ1) is 28.2. The zero-order valence-electron chi connectivity index (χ0n) is 23.7. The van der Waals surface area contributed by atoms with E-state index in [4.69, 9.17) is 0 Å². The summed E-state index contributed by atoms with van der Waals surface area (Å²) in [6, 6.07) is 11.5. The lowest BCUT2D eigenvalue weighted by Gasteiger charge is -2.15. The van der Waals surface area contributed by atoms with Crippen LogP contribution in [0.25, 0.3) is 55.8 Å². The van der Waals surface area contributed by atoms with Crippen molar-refractivity contribution in [1.82, 2.24) is 39.8 Å². The fourth-order valence-corrected chi connectivity index (χ4v) is 6.20. The Hall–Kier alpha value is -4.59. The molecule has 2 aromatic carbocycles. The molecule has 0 atom stereocenters. The standard InChI is InChI=1S/C31H28F2N8O2S/c1-44(42,43)36-15-18-10-20(13-22(32)12-18)24-6-7-35-30-28(24)37-31(38-30)29-26-25(39-40-29)5-4-23(27(26)33)21-11-19(14-34-16-21)17-41-8-2-3-9-41/h4-7,10-14,16,36H,2-3,8-9,15,17H2,1H3,(H,39,40)(H,35,37,38). The molecule has 3 N–H and O–H groups in total. The quantitative estimate of drug-likeness (QED) is 0.216. The Morgan fingerprint density at radius 3 is 2.61 bits per heavy atom. The van der Waals surface area contributed by atoms with Crippen LogP contribution in [-0.4, -0.2) is 62.8 Å². The van der Waals surface area contributed by atoms with Gasteiger partial charge in [-0.2, -0.15) is 5.10 Å². The predicted octanol–water partition coefficient (Wildman–Crippen LogP) is 5.15. The zero-order valence-corrected chi connectivity index (χ0v) is 24.5. The molecule has 5 heterocycles. The SMILES string of the molecule is CS(=O)(=O)NCc1cc(F)cc(-c2ccnc3nc(-c4n[nH]c5ccc(-c6cncc(CN7CCCC7)c6)c(F)c45)[nH]c23)c1. The van der Waals surface area contributed by atoms with Gasteiger partial charge in [0.1, 0.15) is 17.3 Å². The third-order valence-corrected chi connectivity index (χ3v) is 8.47. The lowest BCUT2D eigenvalue weighted by atomic mass is 10.0. The van der Waals surface area contributed by atoms with Crippen molar-refractivity contribution in [3.63, 3.8) is 0 Å². The van der Waals surface area contributed by atoms with Crippen LogP contribution in [0.3, 0.4) is 0 Å². The number of rotatable bonds is 8. The molecule has 44 heavy (non-hydrogen) atoms. The van der Waals surface area contributed by atoms with Crippen LogP contribution >= 0.6 is 0 Å². The van der Waals surface area contributed by atoms with Crippen LogP contribution in [0.4, 0.5) is 8.78 Å². The summed E-state index contributed by atoms with van der Waals surface area (Å²) in [5, 5.41) is 7.56. The highest BCUT2D eigenvalue weighted by Crippen LogP contribution is 2.35. The monoisotopic (exact) mass is 614 g/mol. The van der Waals surface area contributed by atoms with E-state index in [1.54, 1.807) is 36.7 Å². The Bertz CT molecular complexity index is 2140. The predicted molar refractivity (Wildman–Crippen MR) is 164 cm³/mol. The number of aromatic nitrogens is 6. The van der Waals surface area contributed by atoms with E-state index in [0.29, 0.717) is 50.3 Å². The summed E-state index contributed by atoms with van der Waals surface area (Å²) >= 11 is 0. The van der Waals surface area contributed by atoms with Crippen LogP contribution in [0.2, 0.25) is 0 Å². The van der Waals surface area contributed by atoms with Crippen molar-refractivity contribution >= 4 is 32.1 Å². The van der Waals surface area contributed by atoms with Gasteiger partial charge in [-0.05, 0) is 85.1 Å². The molecule has 0 bridgehead atoms. The van der Waals surface area contributed by atoms with E-state index in [1.807, 2.05) is 12.3 Å². The van der Waals surface area contributed by atoms with Crippen LogP contribution in [0.5, 0.6) is 0 Å². The fourth-order valence-electron chi connectivity index (χ4n) is 5.77. The third-order valence-electron chi connectivity index (χ3n) is 7.80. The van der Waals surface area contributed by atoms with Crippen LogP contribution in [-0.2, 0) is 23.1 Å². The molecule has 0 radical (unpaired) electrons. The lowest BCUT2D eigenvalue weighted by Crippen LogP contribution is -2.21. The minimum Gasteiger partial charge on any atom is -0.335 e. The molecule has 0 amide bonds. The third kappa shape index (κ3) is 5.56. The highest BCUT2D eigenvalue weighted by Gasteiger charge is 2.21. The van der Waals surface area contributed by atoms with Gasteiger partial charge in [-0.1, -0.05) is 0 Å². The molecule has 0 saturated carbocycles. The molecule has 0 spiro atoms. The summed E-state index contributed by atoms with van der Waals surface area (Å²) in [5.41, 5.74) is 5.27. The summed E-state index contributed by atoms with van der Waals surface area (Å²) in [6.45, 7) is 2.82. The molecule has 0 aliphatic carbocycles. The average molecular weight is 615 g/mol. The summed E-state index contributed by atoms with van der Waals surface area (Å²) in [6.07, 6.45) is 8.45. The number of imidazole rings is 1. The van der Waals surface area contributed by atoms with Gasteiger partial charge in [-0.15, -0.1) is 0 Å². The molecular formula is C31H28F2N8O2S. The smallest absolute Gasteiger partial charge is 0.209 e. The number of likely N-dealkylation sites (tertiary alicyclic amines) is 1. The zero-order chi connectivity index (χ0) is 30.4. The van der Waals surface area contributed by atoms with Gasteiger partial charge in [0.05, 0.1) is 22.7 Å². The van der Waals surface area contributed by atoms with Crippen LogP contribution in [0, 0.1) is 11.6 Å². The van der Waals surface area contributed by atoms with Crippen molar-refractivity contribution in [2.75, 3.05) is 19.3 Å². The number of hydrogen-bond donors (Lipinski definition) is 3. The number of pyridine rings is 2. The molecule has 1 saturated heterocycles. The van der Waals surface area contributed by atoms with Crippen molar-refractivity contribution in [3.05, 3.63) is 83.8 Å². The van der Waals surface area contributed by atoms with Gasteiger partial charge < -0.3 is 4.98 Å². The Morgan fingerprint density at radius 1 is 0.977 bits per heavy atom. The second-order valence-corrected chi connectivity index (χ2v) is 12.9. The highest BCUT2D eigenvalue weighted by atomic mass is 32.2. The van der Waals surface area contributed by atoms with E-state index in [0.717, 1.165) is 31.5 Å². The Morgan fingerprint density at radius 2 is 1.80 bits per heavy atom. The van der Waals surface area contributed by atoms with Crippen LogP contribution < -0.4 is 4.72 Å². The Labute approximate surface area is 251 Å². The molecule has 0 unspecified atom stereocenters. The number of hydrogen-bond acceptors (Lipinski definition) is 7.